The van der Waals surface area contributed by atoms with Crippen LogP contribution in [0.2, 0.25) is 0 Å². The number of esters is 1. The number of hydrogen-bond acceptors (Lipinski definition) is 4. The molecular weight excluding hydrogens is 312 g/mol. The lowest BCUT2D eigenvalue weighted by molar-refractivity contribution is -0.150. The van der Waals surface area contributed by atoms with Gasteiger partial charge in [0.05, 0.1) is 19.8 Å². The van der Waals surface area contributed by atoms with Crippen LogP contribution in [0.4, 0.5) is 0 Å². The van der Waals surface area contributed by atoms with E-state index in [4.69, 9.17) is 14.2 Å². The van der Waals surface area contributed by atoms with E-state index in [1.807, 2.05) is 31.2 Å². The van der Waals surface area contributed by atoms with Crippen molar-refractivity contribution in [1.82, 2.24) is 0 Å². The summed E-state index contributed by atoms with van der Waals surface area (Å²) < 4.78 is 16.9. The third-order valence-electron chi connectivity index (χ3n) is 2.89. The van der Waals surface area contributed by atoms with E-state index in [1.54, 1.807) is 0 Å². The number of carbonyl (C=O) groups excluding carboxylic acids is 1. The van der Waals surface area contributed by atoms with Gasteiger partial charge in [-0.05, 0) is 30.7 Å². The Morgan fingerprint density at radius 3 is 2.63 bits per heavy atom. The molecule has 1 aromatic carbocycles. The van der Waals surface area contributed by atoms with Crippen LogP contribution in [0, 0.1) is 0 Å². The summed E-state index contributed by atoms with van der Waals surface area (Å²) in [5.74, 6) is 0.509. The Morgan fingerprint density at radius 2 is 2.05 bits per heavy atom. The maximum Gasteiger partial charge on any atom is 0.340 e. The first kappa shape index (κ1) is 14.3. The molecule has 1 aliphatic rings. The molecular formula is C14H17BrO4. The van der Waals surface area contributed by atoms with Crippen molar-refractivity contribution in [2.24, 2.45) is 0 Å². The summed E-state index contributed by atoms with van der Waals surface area (Å²) in [6.45, 7) is 3.27. The predicted molar refractivity (Wildman–Crippen MR) is 74.2 cm³/mol. The van der Waals surface area contributed by atoms with Gasteiger partial charge in [-0.1, -0.05) is 22.9 Å². The fourth-order valence-electron chi connectivity index (χ4n) is 1.64. The lowest BCUT2D eigenvalue weighted by Crippen LogP contribution is -2.29. The number of ether oxygens (including phenoxy) is 3. The topological polar surface area (TPSA) is 48.1 Å². The SMILES string of the molecule is CCCOC(=O)C1(CCOc2ccc(Br)cc2)CO1. The van der Waals surface area contributed by atoms with Gasteiger partial charge in [0, 0.05) is 10.9 Å². The molecule has 2 rings (SSSR count). The summed E-state index contributed by atoms with van der Waals surface area (Å²) >= 11 is 3.36. The Balaban J connectivity index is 1.76. The second-order valence-corrected chi connectivity index (χ2v) is 5.39. The minimum absolute atomic E-state index is 0.270. The van der Waals surface area contributed by atoms with Crippen molar-refractivity contribution in [1.29, 1.82) is 0 Å². The molecule has 1 unspecified atom stereocenters. The van der Waals surface area contributed by atoms with Crippen LogP contribution in [0.1, 0.15) is 19.8 Å². The monoisotopic (exact) mass is 328 g/mol. The molecule has 1 aromatic rings. The molecule has 0 spiro atoms. The van der Waals surface area contributed by atoms with Crippen molar-refractivity contribution in [3.8, 4) is 5.75 Å². The molecule has 4 nitrogen and oxygen atoms in total. The maximum atomic E-state index is 11.8. The number of hydrogen-bond donors (Lipinski definition) is 0. The van der Waals surface area contributed by atoms with Crippen LogP contribution in [0.25, 0.3) is 0 Å². The van der Waals surface area contributed by atoms with Gasteiger partial charge in [-0.2, -0.15) is 0 Å². The molecule has 5 heteroatoms. The van der Waals surface area contributed by atoms with Crippen LogP contribution in [0.15, 0.2) is 28.7 Å². The van der Waals surface area contributed by atoms with E-state index in [2.05, 4.69) is 15.9 Å². The quantitative estimate of drug-likeness (QED) is 0.570. The Hall–Kier alpha value is -1.07. The molecule has 0 aromatic heterocycles. The van der Waals surface area contributed by atoms with E-state index in [0.29, 0.717) is 26.2 Å². The average molecular weight is 329 g/mol. The van der Waals surface area contributed by atoms with Gasteiger partial charge in [0.2, 0.25) is 0 Å². The first-order valence-electron chi connectivity index (χ1n) is 6.36. The molecule has 0 amide bonds. The summed E-state index contributed by atoms with van der Waals surface area (Å²) in [6, 6.07) is 7.57. The summed E-state index contributed by atoms with van der Waals surface area (Å²) in [7, 11) is 0. The molecule has 19 heavy (non-hydrogen) atoms. The lowest BCUT2D eigenvalue weighted by atomic mass is 10.1. The molecule has 0 radical (unpaired) electrons. The summed E-state index contributed by atoms with van der Waals surface area (Å²) in [4.78, 5) is 11.8. The highest BCUT2D eigenvalue weighted by atomic mass is 79.9. The van der Waals surface area contributed by atoms with Gasteiger partial charge >= 0.3 is 5.97 Å². The molecule has 0 N–H and O–H groups in total. The van der Waals surface area contributed by atoms with Crippen LogP contribution in [0.3, 0.4) is 0 Å². The number of carbonyl (C=O) groups is 1. The normalized spacial score (nSPS) is 20.9. The second-order valence-electron chi connectivity index (χ2n) is 4.47. The van der Waals surface area contributed by atoms with Crippen LogP contribution in [0.5, 0.6) is 5.75 Å². The standard InChI is InChI=1S/C14H17BrO4/c1-2-8-18-13(16)14(10-19-14)7-9-17-12-5-3-11(15)4-6-12/h3-6H,2,7-10H2,1H3. The summed E-state index contributed by atoms with van der Waals surface area (Å²) in [5.41, 5.74) is -0.759. The van der Waals surface area contributed by atoms with E-state index in [0.717, 1.165) is 16.6 Å². The minimum atomic E-state index is -0.759. The Morgan fingerprint density at radius 1 is 1.37 bits per heavy atom. The molecule has 1 heterocycles. The van der Waals surface area contributed by atoms with Crippen LogP contribution >= 0.6 is 15.9 Å². The van der Waals surface area contributed by atoms with Crippen molar-refractivity contribution < 1.29 is 19.0 Å². The van der Waals surface area contributed by atoms with Gasteiger partial charge in [-0.25, -0.2) is 4.79 Å². The Labute approximate surface area is 121 Å². The van der Waals surface area contributed by atoms with Crippen LogP contribution < -0.4 is 4.74 Å². The third kappa shape index (κ3) is 3.94. The lowest BCUT2D eigenvalue weighted by Gasteiger charge is -2.12. The molecule has 0 bridgehead atoms. The summed E-state index contributed by atoms with van der Waals surface area (Å²) in [6.07, 6.45) is 1.34. The summed E-state index contributed by atoms with van der Waals surface area (Å²) in [5, 5.41) is 0. The first-order chi connectivity index (χ1) is 9.16. The number of epoxide rings is 1. The van der Waals surface area contributed by atoms with Gasteiger partial charge in [-0.3, -0.25) is 0 Å². The second kappa shape index (κ2) is 6.39. The van der Waals surface area contributed by atoms with Crippen molar-refractivity contribution in [3.63, 3.8) is 0 Å². The highest BCUT2D eigenvalue weighted by molar-refractivity contribution is 9.10. The van der Waals surface area contributed by atoms with Crippen molar-refractivity contribution >= 4 is 21.9 Å². The molecule has 1 saturated heterocycles. The fraction of sp³-hybridized carbons (Fsp3) is 0.500. The minimum Gasteiger partial charge on any atom is -0.493 e. The van der Waals surface area contributed by atoms with E-state index < -0.39 is 5.60 Å². The van der Waals surface area contributed by atoms with Crippen molar-refractivity contribution in [2.75, 3.05) is 19.8 Å². The predicted octanol–water partition coefficient (Wildman–Crippen LogP) is 2.94. The fourth-order valence-corrected chi connectivity index (χ4v) is 1.91. The molecule has 1 atom stereocenters. The highest BCUT2D eigenvalue weighted by Crippen LogP contribution is 2.32. The zero-order chi connectivity index (χ0) is 13.7. The van der Waals surface area contributed by atoms with Gasteiger partial charge in [0.1, 0.15) is 5.75 Å². The number of halogens is 1. The molecule has 1 fully saturated rings. The molecule has 1 aliphatic heterocycles. The molecule has 0 aliphatic carbocycles. The largest absolute Gasteiger partial charge is 0.493 e. The molecule has 0 saturated carbocycles. The smallest absolute Gasteiger partial charge is 0.340 e. The highest BCUT2D eigenvalue weighted by Gasteiger charge is 2.53. The zero-order valence-electron chi connectivity index (χ0n) is 10.9. The maximum absolute atomic E-state index is 11.8. The van der Waals surface area contributed by atoms with Crippen LogP contribution in [-0.4, -0.2) is 31.4 Å². The van der Waals surface area contributed by atoms with Crippen molar-refractivity contribution in [3.05, 3.63) is 28.7 Å². The molecule has 104 valence electrons. The van der Waals surface area contributed by atoms with Gasteiger partial charge < -0.3 is 14.2 Å². The van der Waals surface area contributed by atoms with Gasteiger partial charge in [-0.15, -0.1) is 0 Å². The van der Waals surface area contributed by atoms with E-state index in [-0.39, 0.29) is 5.97 Å². The average Bonchev–Trinajstić information content (AvgIpc) is 3.19. The number of rotatable bonds is 7. The zero-order valence-corrected chi connectivity index (χ0v) is 12.4. The number of benzene rings is 1. The van der Waals surface area contributed by atoms with Gasteiger partial charge in [0.25, 0.3) is 0 Å². The third-order valence-corrected chi connectivity index (χ3v) is 3.42. The Bertz CT molecular complexity index is 426. The van der Waals surface area contributed by atoms with E-state index >= 15 is 0 Å². The van der Waals surface area contributed by atoms with Crippen molar-refractivity contribution in [2.45, 2.75) is 25.4 Å². The Kier molecular flexibility index (Phi) is 4.82. The van der Waals surface area contributed by atoms with E-state index in [9.17, 15) is 4.79 Å². The van der Waals surface area contributed by atoms with E-state index in [1.165, 1.54) is 0 Å². The first-order valence-corrected chi connectivity index (χ1v) is 7.15. The van der Waals surface area contributed by atoms with Crippen LogP contribution in [-0.2, 0) is 14.3 Å². The van der Waals surface area contributed by atoms with Gasteiger partial charge in [0.15, 0.2) is 5.60 Å².